The van der Waals surface area contributed by atoms with E-state index in [9.17, 15) is 0 Å². The van der Waals surface area contributed by atoms with Gasteiger partial charge in [-0.3, -0.25) is 0 Å². The molecule has 1 saturated carbocycles. The number of nitrogens with two attached hydrogens (primary N) is 1. The van der Waals surface area contributed by atoms with Gasteiger partial charge in [-0.05, 0) is 12.8 Å². The molecule has 1 aliphatic carbocycles. The Bertz CT molecular complexity index is 33.9. The van der Waals surface area contributed by atoms with E-state index < -0.39 is 0 Å². The van der Waals surface area contributed by atoms with Crippen molar-refractivity contribution in [2.75, 3.05) is 0 Å². The van der Waals surface area contributed by atoms with E-state index in [0.29, 0.717) is 6.10 Å². The summed E-state index contributed by atoms with van der Waals surface area (Å²) in [6.07, 6.45) is 2.74. The molecule has 2 heteroatoms. The fourth-order valence-corrected chi connectivity index (χ4v) is 0.204. The van der Waals surface area contributed by atoms with Gasteiger partial charge in [-0.25, -0.2) is 5.90 Å². The van der Waals surface area contributed by atoms with Crippen LogP contribution in [0.5, 0.6) is 0 Å². The van der Waals surface area contributed by atoms with E-state index in [4.69, 9.17) is 5.90 Å². The highest BCUT2D eigenvalue weighted by Gasteiger charge is 2.20. The second kappa shape index (κ2) is 0.954. The minimum atomic E-state index is 0.412. The Hall–Kier alpha value is -0.0800. The molecule has 2 N–H and O–H groups in total. The smallest absolute Gasteiger partial charge is 0.0789 e. The molecule has 0 radical (unpaired) electrons. The van der Waals surface area contributed by atoms with Crippen LogP contribution in [0.25, 0.3) is 0 Å². The SMILES string of the molecule is NOC1CC1. The number of hydrogen-bond donors (Lipinski definition) is 1. The largest absolute Gasteiger partial charge is 0.301 e. The van der Waals surface area contributed by atoms with Crippen LogP contribution >= 0.6 is 0 Å². The molecule has 0 atom stereocenters. The topological polar surface area (TPSA) is 35.2 Å². The first-order valence-electron chi connectivity index (χ1n) is 1.79. The molecule has 0 unspecified atom stereocenters. The molecule has 0 aromatic heterocycles. The normalized spacial score (nSPS) is 23.4. The van der Waals surface area contributed by atoms with Crippen molar-refractivity contribution in [1.82, 2.24) is 0 Å². The highest BCUT2D eigenvalue weighted by molar-refractivity contribution is 4.71. The van der Waals surface area contributed by atoms with Crippen molar-refractivity contribution in [3.63, 3.8) is 0 Å². The molecule has 30 valence electrons. The first-order valence-corrected chi connectivity index (χ1v) is 1.79. The number of hydrogen-bond acceptors (Lipinski definition) is 2. The van der Waals surface area contributed by atoms with Crippen molar-refractivity contribution in [3.8, 4) is 0 Å². The van der Waals surface area contributed by atoms with Crippen LogP contribution in [0.3, 0.4) is 0 Å². The van der Waals surface area contributed by atoms with Gasteiger partial charge in [0.15, 0.2) is 0 Å². The summed E-state index contributed by atoms with van der Waals surface area (Å²) in [7, 11) is 0. The van der Waals surface area contributed by atoms with Crippen LogP contribution in [0.15, 0.2) is 0 Å². The van der Waals surface area contributed by atoms with Crippen LogP contribution in [0.4, 0.5) is 0 Å². The molecule has 5 heavy (non-hydrogen) atoms. The molecule has 1 fully saturated rings. The lowest BCUT2D eigenvalue weighted by molar-refractivity contribution is 0.123. The Balaban J connectivity index is 2.00. The summed E-state index contributed by atoms with van der Waals surface area (Å²) in [5.41, 5.74) is 0. The second-order valence-electron chi connectivity index (χ2n) is 1.34. The van der Waals surface area contributed by atoms with Gasteiger partial charge in [-0.1, -0.05) is 0 Å². The Labute approximate surface area is 30.9 Å². The van der Waals surface area contributed by atoms with Crippen molar-refractivity contribution >= 4 is 0 Å². The summed E-state index contributed by atoms with van der Waals surface area (Å²) >= 11 is 0. The lowest BCUT2D eigenvalue weighted by Crippen LogP contribution is -1.98. The first kappa shape index (κ1) is 3.12. The summed E-state index contributed by atoms with van der Waals surface area (Å²) in [5, 5.41) is 0. The molecule has 1 aliphatic rings. The van der Waals surface area contributed by atoms with Crippen molar-refractivity contribution in [3.05, 3.63) is 0 Å². The molecule has 0 aromatic rings. The zero-order chi connectivity index (χ0) is 3.70. The fraction of sp³-hybridized carbons (Fsp3) is 1.00. The van der Waals surface area contributed by atoms with Gasteiger partial charge in [-0.2, -0.15) is 0 Å². The third-order valence-electron chi connectivity index (χ3n) is 0.717. The van der Waals surface area contributed by atoms with Crippen molar-refractivity contribution in [1.29, 1.82) is 0 Å². The van der Waals surface area contributed by atoms with E-state index in [1.54, 1.807) is 0 Å². The maximum atomic E-state index is 4.73. The van der Waals surface area contributed by atoms with Gasteiger partial charge in [0.1, 0.15) is 0 Å². The van der Waals surface area contributed by atoms with E-state index in [-0.39, 0.29) is 0 Å². The van der Waals surface area contributed by atoms with Crippen molar-refractivity contribution in [2.24, 2.45) is 5.90 Å². The Morgan fingerprint density at radius 3 is 2.20 bits per heavy atom. The third-order valence-corrected chi connectivity index (χ3v) is 0.717. The molecule has 0 aromatic carbocycles. The summed E-state index contributed by atoms with van der Waals surface area (Å²) < 4.78 is 0. The molecule has 2 nitrogen and oxygen atoms in total. The zero-order valence-corrected chi connectivity index (χ0v) is 2.98. The summed E-state index contributed by atoms with van der Waals surface area (Å²) in [6.45, 7) is 0. The van der Waals surface area contributed by atoms with Gasteiger partial charge >= 0.3 is 0 Å². The molecule has 0 aliphatic heterocycles. The minimum absolute atomic E-state index is 0.412. The van der Waals surface area contributed by atoms with Crippen LogP contribution in [0.2, 0.25) is 0 Å². The van der Waals surface area contributed by atoms with E-state index in [0.717, 1.165) is 12.8 Å². The molecular formula is C3H7NO. The molecule has 0 saturated heterocycles. The van der Waals surface area contributed by atoms with Crippen LogP contribution in [0.1, 0.15) is 12.8 Å². The molecule has 0 amide bonds. The van der Waals surface area contributed by atoms with Crippen molar-refractivity contribution < 1.29 is 4.84 Å². The average molecular weight is 73.1 g/mol. The predicted octanol–water partition coefficient (Wildman–Crippen LogP) is 0.0391. The molecule has 1 rings (SSSR count). The second-order valence-corrected chi connectivity index (χ2v) is 1.34. The number of rotatable bonds is 1. The molecule has 0 bridgehead atoms. The van der Waals surface area contributed by atoms with Crippen LogP contribution in [0, 0.1) is 0 Å². The quantitative estimate of drug-likeness (QED) is 0.445. The first-order chi connectivity index (χ1) is 2.43. The molecule has 0 heterocycles. The van der Waals surface area contributed by atoms with E-state index >= 15 is 0 Å². The van der Waals surface area contributed by atoms with Gasteiger partial charge < -0.3 is 4.84 Å². The van der Waals surface area contributed by atoms with E-state index in [2.05, 4.69) is 4.84 Å². The summed E-state index contributed by atoms with van der Waals surface area (Å²) in [6, 6.07) is 0. The monoisotopic (exact) mass is 73.1 g/mol. The lowest BCUT2D eigenvalue weighted by atomic mass is 10.9. The standard InChI is InChI=1S/C3H7NO/c4-5-3-1-2-3/h3H,1-2,4H2. The van der Waals surface area contributed by atoms with Gasteiger partial charge in [0.05, 0.1) is 6.10 Å². The highest BCUT2D eigenvalue weighted by Crippen LogP contribution is 2.20. The van der Waals surface area contributed by atoms with Gasteiger partial charge in [0.25, 0.3) is 0 Å². The van der Waals surface area contributed by atoms with Crippen LogP contribution in [-0.4, -0.2) is 6.10 Å². The van der Waals surface area contributed by atoms with Crippen LogP contribution in [-0.2, 0) is 4.84 Å². The summed E-state index contributed by atoms with van der Waals surface area (Å²) in [5.74, 6) is 4.73. The van der Waals surface area contributed by atoms with Gasteiger partial charge in [0.2, 0.25) is 0 Å². The molecular weight excluding hydrogens is 66.0 g/mol. The maximum absolute atomic E-state index is 4.73. The van der Waals surface area contributed by atoms with Crippen molar-refractivity contribution in [2.45, 2.75) is 18.9 Å². The highest BCUT2D eigenvalue weighted by atomic mass is 16.6. The minimum Gasteiger partial charge on any atom is -0.301 e. The summed E-state index contributed by atoms with van der Waals surface area (Å²) in [4.78, 5) is 4.36. The third kappa shape index (κ3) is 0.597. The predicted molar refractivity (Wildman–Crippen MR) is 18.3 cm³/mol. The Morgan fingerprint density at radius 1 is 1.60 bits per heavy atom. The molecule has 0 spiro atoms. The van der Waals surface area contributed by atoms with Gasteiger partial charge in [-0.15, -0.1) is 0 Å². The van der Waals surface area contributed by atoms with E-state index in [1.165, 1.54) is 0 Å². The van der Waals surface area contributed by atoms with E-state index in [1.807, 2.05) is 0 Å². The average Bonchev–Trinajstić information content (AvgIpc) is 2.12. The Kier molecular flexibility index (Phi) is 0.596. The fourth-order valence-electron chi connectivity index (χ4n) is 0.204. The van der Waals surface area contributed by atoms with Crippen LogP contribution < -0.4 is 5.90 Å². The van der Waals surface area contributed by atoms with Gasteiger partial charge in [0, 0.05) is 0 Å². The lowest BCUT2D eigenvalue weighted by Gasteiger charge is -1.80. The maximum Gasteiger partial charge on any atom is 0.0789 e. The zero-order valence-electron chi connectivity index (χ0n) is 2.98. The Morgan fingerprint density at radius 2 is 2.20 bits per heavy atom.